The van der Waals surface area contributed by atoms with E-state index in [0.29, 0.717) is 0 Å². The van der Waals surface area contributed by atoms with Crippen LogP contribution in [0.3, 0.4) is 0 Å². The Morgan fingerprint density at radius 2 is 1.44 bits per heavy atom. The van der Waals surface area contributed by atoms with Crippen LogP contribution in [0.4, 0.5) is 0 Å². The summed E-state index contributed by atoms with van der Waals surface area (Å²) in [5.41, 5.74) is 8.63. The molecule has 0 aromatic heterocycles. The molecule has 0 aliphatic carbocycles. The number of allylic oxidation sites excluding steroid dienone is 3. The van der Waals surface area contributed by atoms with Crippen LogP contribution in [0, 0.1) is 0 Å². The molecule has 0 spiro atoms. The maximum absolute atomic E-state index is 3.44. The molecule has 0 atom stereocenters. The Morgan fingerprint density at radius 3 is 1.67 bits per heavy atom. The second-order valence-electron chi connectivity index (χ2n) is 1.33. The molecule has 0 nitrogen and oxygen atoms in total. The maximum atomic E-state index is 3.44. The Kier molecular flexibility index (Phi) is 3.96. The minimum atomic E-state index is 0.792. The fraction of sp³-hybridized carbons (Fsp3) is 0. The van der Waals surface area contributed by atoms with E-state index in [1.54, 1.807) is 12.2 Å². The van der Waals surface area contributed by atoms with E-state index in [9.17, 15) is 0 Å². The fourth-order valence-corrected chi connectivity index (χ4v) is 0.364. The molecular weight excluding hydrogens is 108 g/mol. The number of hydrogen-bond acceptors (Lipinski definition) is 0. The summed E-state index contributed by atoms with van der Waals surface area (Å²) in [6.07, 6.45) is 3.32. The molecule has 0 N–H and O–H groups in total. The normalized spacial score (nSPS) is 5.78. The Morgan fingerprint density at radius 1 is 1.00 bits per heavy atom. The summed E-state index contributed by atoms with van der Waals surface area (Å²) < 4.78 is 0. The highest BCUT2D eigenvalue weighted by Gasteiger charge is 1.75. The monoisotopic (exact) mass is 116 g/mol. The zero-order chi connectivity index (χ0) is 7.11. The molecule has 44 valence electrons. The molecule has 0 aromatic carbocycles. The Bertz CT molecular complexity index is 205. The molecule has 0 aliphatic rings. The lowest BCUT2D eigenvalue weighted by Crippen LogP contribution is -1.60. The van der Waals surface area contributed by atoms with E-state index in [-0.39, 0.29) is 0 Å². The highest BCUT2D eigenvalue weighted by atomic mass is 13.8. The largest absolute Gasteiger partial charge is 0.127 e. The number of hydrogen-bond donors (Lipinski definition) is 0. The van der Waals surface area contributed by atoms with Crippen molar-refractivity contribution in [3.63, 3.8) is 0 Å². The van der Waals surface area contributed by atoms with Gasteiger partial charge in [0.1, 0.15) is 0 Å². The zero-order valence-electron chi connectivity index (χ0n) is 5.28. The third kappa shape index (κ3) is 3.17. The van der Waals surface area contributed by atoms with E-state index in [2.05, 4.69) is 36.9 Å². The molecule has 0 heterocycles. The average Bonchev–Trinajstić information content (AvgIpc) is 1.88. The van der Waals surface area contributed by atoms with Gasteiger partial charge in [0.15, 0.2) is 0 Å². The van der Waals surface area contributed by atoms with Crippen LogP contribution >= 0.6 is 0 Å². The van der Waals surface area contributed by atoms with E-state index in [1.807, 2.05) is 0 Å². The highest BCUT2D eigenvalue weighted by molar-refractivity contribution is 5.27. The lowest BCUT2D eigenvalue weighted by molar-refractivity contribution is 1.76. The Balaban J connectivity index is 4.57. The molecule has 0 aromatic rings. The molecule has 0 unspecified atom stereocenters. The predicted octanol–water partition coefficient (Wildman–Crippen LogP) is 2.38. The van der Waals surface area contributed by atoms with Crippen LogP contribution in [-0.2, 0) is 0 Å². The first kappa shape index (κ1) is 7.56. The third-order valence-electron chi connectivity index (χ3n) is 0.719. The molecule has 0 radical (unpaired) electrons. The van der Waals surface area contributed by atoms with Gasteiger partial charge in [0.2, 0.25) is 0 Å². The molecule has 0 saturated carbocycles. The summed E-state index contributed by atoms with van der Waals surface area (Å²) in [6, 6.07) is 0. The SMILES string of the molecule is C=C=CC(=C=C)C=C=C. The molecule has 0 heteroatoms. The molecule has 0 fully saturated rings. The van der Waals surface area contributed by atoms with Gasteiger partial charge in [-0.3, -0.25) is 0 Å². The van der Waals surface area contributed by atoms with Crippen LogP contribution in [-0.4, -0.2) is 0 Å². The lowest BCUT2D eigenvalue weighted by Gasteiger charge is -1.77. The van der Waals surface area contributed by atoms with Crippen LogP contribution in [0.5, 0.6) is 0 Å². The summed E-state index contributed by atoms with van der Waals surface area (Å²) in [5, 5.41) is 0. The van der Waals surface area contributed by atoms with Gasteiger partial charge < -0.3 is 0 Å². The van der Waals surface area contributed by atoms with E-state index in [0.717, 1.165) is 5.57 Å². The van der Waals surface area contributed by atoms with Gasteiger partial charge in [-0.05, 0) is 12.2 Å². The van der Waals surface area contributed by atoms with Crippen LogP contribution in [0.2, 0.25) is 0 Å². The van der Waals surface area contributed by atoms with Gasteiger partial charge in [0.25, 0.3) is 0 Å². The first-order valence-corrected chi connectivity index (χ1v) is 2.47. The second-order valence-corrected chi connectivity index (χ2v) is 1.33. The van der Waals surface area contributed by atoms with Crippen molar-refractivity contribution in [3.8, 4) is 0 Å². The third-order valence-corrected chi connectivity index (χ3v) is 0.719. The first-order valence-electron chi connectivity index (χ1n) is 2.47. The van der Waals surface area contributed by atoms with Crippen LogP contribution < -0.4 is 0 Å². The van der Waals surface area contributed by atoms with Gasteiger partial charge in [-0.25, -0.2) is 0 Å². The van der Waals surface area contributed by atoms with E-state index >= 15 is 0 Å². The minimum absolute atomic E-state index is 0.792. The van der Waals surface area contributed by atoms with Crippen molar-refractivity contribution < 1.29 is 0 Å². The summed E-state index contributed by atoms with van der Waals surface area (Å²) in [7, 11) is 0. The summed E-state index contributed by atoms with van der Waals surface area (Å²) in [4.78, 5) is 0. The standard InChI is InChI=1S/C9H8/c1-4-7-9(6-3)8-5-2/h7-8H,1-3H2. The van der Waals surface area contributed by atoms with Crippen molar-refractivity contribution in [1.82, 2.24) is 0 Å². The van der Waals surface area contributed by atoms with Crippen LogP contribution in [0.1, 0.15) is 0 Å². The molecule has 0 saturated heterocycles. The van der Waals surface area contributed by atoms with Crippen molar-refractivity contribution in [1.29, 1.82) is 0 Å². The molecule has 0 bridgehead atoms. The molecule has 0 amide bonds. The second kappa shape index (κ2) is 4.71. The van der Waals surface area contributed by atoms with Gasteiger partial charge in [-0.2, -0.15) is 0 Å². The van der Waals surface area contributed by atoms with E-state index < -0.39 is 0 Å². The van der Waals surface area contributed by atoms with Gasteiger partial charge in [0.05, 0.1) is 0 Å². The van der Waals surface area contributed by atoms with Crippen LogP contribution in [0.25, 0.3) is 0 Å². The summed E-state index contributed by atoms with van der Waals surface area (Å²) in [5.74, 6) is 0. The van der Waals surface area contributed by atoms with Gasteiger partial charge >= 0.3 is 0 Å². The van der Waals surface area contributed by atoms with Crippen molar-refractivity contribution in [2.45, 2.75) is 0 Å². The van der Waals surface area contributed by atoms with Gasteiger partial charge in [0, 0.05) is 5.57 Å². The smallest absolute Gasteiger partial charge is 0.0312 e. The Labute approximate surface area is 55.5 Å². The molecule has 0 rings (SSSR count). The Hall–Kier alpha value is -1.44. The molecular formula is C9H8. The number of rotatable bonds is 2. The van der Waals surface area contributed by atoms with Crippen molar-refractivity contribution in [2.24, 2.45) is 0 Å². The topological polar surface area (TPSA) is 0 Å². The first-order chi connectivity index (χ1) is 4.35. The maximum Gasteiger partial charge on any atom is 0.0312 e. The van der Waals surface area contributed by atoms with Gasteiger partial charge in [-0.15, -0.1) is 17.2 Å². The zero-order valence-corrected chi connectivity index (χ0v) is 5.28. The lowest BCUT2D eigenvalue weighted by atomic mass is 10.3. The van der Waals surface area contributed by atoms with Gasteiger partial charge in [-0.1, -0.05) is 19.7 Å². The highest BCUT2D eigenvalue weighted by Crippen LogP contribution is 1.91. The van der Waals surface area contributed by atoms with Crippen molar-refractivity contribution in [2.75, 3.05) is 0 Å². The summed E-state index contributed by atoms with van der Waals surface area (Å²) in [6.45, 7) is 10.2. The quantitative estimate of drug-likeness (QED) is 0.384. The van der Waals surface area contributed by atoms with Crippen molar-refractivity contribution >= 4 is 0 Å². The van der Waals surface area contributed by atoms with E-state index in [1.165, 1.54) is 0 Å². The fourth-order valence-electron chi connectivity index (χ4n) is 0.364. The minimum Gasteiger partial charge on any atom is -0.127 e. The van der Waals surface area contributed by atoms with Crippen LogP contribution in [0.15, 0.2) is 54.7 Å². The van der Waals surface area contributed by atoms with E-state index in [4.69, 9.17) is 0 Å². The molecule has 0 aliphatic heterocycles. The average molecular weight is 116 g/mol. The molecule has 9 heavy (non-hydrogen) atoms. The van der Waals surface area contributed by atoms with Crippen molar-refractivity contribution in [3.05, 3.63) is 54.7 Å². The predicted molar refractivity (Wildman–Crippen MR) is 40.1 cm³/mol. The summed E-state index contributed by atoms with van der Waals surface area (Å²) >= 11 is 0.